The second kappa shape index (κ2) is 9.75. The van der Waals surface area contributed by atoms with Gasteiger partial charge >= 0.3 is 5.97 Å². The Hall–Kier alpha value is -2.87. The standard InChI is InChI=1S/C22H23BrN2O5/c1-14(2)30-19-9-7-18(8-10-19)25-12-15(11-21(25)27)22(28)29-13-20(26)24-17-5-3-16(23)4-6-17/h3-10,14-15H,11-13H2,1-2H3,(H,24,26)/t15-/m1/s1. The molecule has 0 saturated carbocycles. The van der Waals surface area contributed by atoms with Crippen LogP contribution in [0.3, 0.4) is 0 Å². The molecule has 0 bridgehead atoms. The van der Waals surface area contributed by atoms with Crippen molar-refractivity contribution in [2.24, 2.45) is 5.92 Å². The summed E-state index contributed by atoms with van der Waals surface area (Å²) in [7, 11) is 0. The summed E-state index contributed by atoms with van der Waals surface area (Å²) in [5.74, 6) is -1.05. The second-order valence-electron chi connectivity index (χ2n) is 7.23. The molecule has 0 spiro atoms. The average Bonchev–Trinajstić information content (AvgIpc) is 3.10. The van der Waals surface area contributed by atoms with Gasteiger partial charge in [-0.3, -0.25) is 14.4 Å². The minimum atomic E-state index is -0.607. The average molecular weight is 475 g/mol. The van der Waals surface area contributed by atoms with Crippen LogP contribution in [0.2, 0.25) is 0 Å². The van der Waals surface area contributed by atoms with E-state index in [2.05, 4.69) is 21.2 Å². The van der Waals surface area contributed by atoms with Crippen molar-refractivity contribution in [2.75, 3.05) is 23.4 Å². The third-order valence-electron chi connectivity index (χ3n) is 4.45. The lowest BCUT2D eigenvalue weighted by molar-refractivity contribution is -0.151. The van der Waals surface area contributed by atoms with Crippen molar-refractivity contribution in [1.82, 2.24) is 0 Å². The van der Waals surface area contributed by atoms with E-state index in [4.69, 9.17) is 9.47 Å². The quantitative estimate of drug-likeness (QED) is 0.617. The third kappa shape index (κ3) is 5.82. The zero-order valence-electron chi connectivity index (χ0n) is 16.8. The van der Waals surface area contributed by atoms with Gasteiger partial charge in [-0.05, 0) is 62.4 Å². The molecule has 2 amide bonds. The first-order valence-electron chi connectivity index (χ1n) is 9.61. The van der Waals surface area contributed by atoms with Crippen LogP contribution in [0.5, 0.6) is 5.75 Å². The minimum Gasteiger partial charge on any atom is -0.491 e. The number of carbonyl (C=O) groups is 3. The Kier molecular flexibility index (Phi) is 7.10. The SMILES string of the molecule is CC(C)Oc1ccc(N2C[C@H](C(=O)OCC(=O)Nc3ccc(Br)cc3)CC2=O)cc1. The van der Waals surface area contributed by atoms with Crippen LogP contribution >= 0.6 is 15.9 Å². The van der Waals surface area contributed by atoms with E-state index in [1.165, 1.54) is 0 Å². The minimum absolute atomic E-state index is 0.0530. The molecule has 8 heteroatoms. The molecule has 0 aliphatic carbocycles. The van der Waals surface area contributed by atoms with E-state index in [-0.39, 0.29) is 25.0 Å². The molecule has 1 fully saturated rings. The van der Waals surface area contributed by atoms with E-state index in [0.717, 1.165) is 4.47 Å². The lowest BCUT2D eigenvalue weighted by atomic mass is 10.1. The molecule has 1 heterocycles. The number of nitrogens with zero attached hydrogens (tertiary/aromatic N) is 1. The number of ether oxygens (including phenoxy) is 2. The first-order chi connectivity index (χ1) is 14.3. The number of halogens is 1. The van der Waals surface area contributed by atoms with Crippen LogP contribution in [0.4, 0.5) is 11.4 Å². The molecule has 3 rings (SSSR count). The summed E-state index contributed by atoms with van der Waals surface area (Å²) in [5.41, 5.74) is 1.30. The van der Waals surface area contributed by atoms with Gasteiger partial charge in [-0.2, -0.15) is 0 Å². The van der Waals surface area contributed by atoms with Gasteiger partial charge in [0.2, 0.25) is 5.91 Å². The van der Waals surface area contributed by atoms with Crippen LogP contribution in [-0.4, -0.2) is 37.0 Å². The molecule has 0 unspecified atom stereocenters. The van der Waals surface area contributed by atoms with Crippen LogP contribution in [-0.2, 0) is 19.1 Å². The summed E-state index contributed by atoms with van der Waals surface area (Å²) in [6.45, 7) is 3.69. The molecule has 1 aliphatic rings. The zero-order chi connectivity index (χ0) is 21.7. The molecule has 158 valence electrons. The summed E-state index contributed by atoms with van der Waals surface area (Å²) in [6.07, 6.45) is 0.113. The molecule has 1 atom stereocenters. The van der Waals surface area contributed by atoms with Crippen molar-refractivity contribution in [3.63, 3.8) is 0 Å². The molecular weight excluding hydrogens is 452 g/mol. The molecule has 1 aliphatic heterocycles. The maximum atomic E-state index is 12.4. The summed E-state index contributed by atoms with van der Waals surface area (Å²) < 4.78 is 11.6. The molecular formula is C22H23BrN2O5. The highest BCUT2D eigenvalue weighted by Crippen LogP contribution is 2.27. The Labute approximate surface area is 183 Å². The Morgan fingerprint density at radius 1 is 1.13 bits per heavy atom. The van der Waals surface area contributed by atoms with Gasteiger partial charge in [-0.15, -0.1) is 0 Å². The number of anilines is 2. The van der Waals surface area contributed by atoms with Crippen molar-refractivity contribution in [2.45, 2.75) is 26.4 Å². The lowest BCUT2D eigenvalue weighted by Gasteiger charge is -2.17. The maximum Gasteiger partial charge on any atom is 0.311 e. The topological polar surface area (TPSA) is 84.9 Å². The number of rotatable bonds is 7. The predicted molar refractivity (Wildman–Crippen MR) is 116 cm³/mol. The van der Waals surface area contributed by atoms with E-state index < -0.39 is 24.4 Å². The van der Waals surface area contributed by atoms with Crippen molar-refractivity contribution in [3.05, 3.63) is 53.0 Å². The highest BCUT2D eigenvalue weighted by Gasteiger charge is 2.36. The number of hydrogen-bond donors (Lipinski definition) is 1. The van der Waals surface area contributed by atoms with E-state index >= 15 is 0 Å². The number of nitrogens with one attached hydrogen (secondary N) is 1. The number of esters is 1. The smallest absolute Gasteiger partial charge is 0.311 e. The number of benzene rings is 2. The molecule has 1 saturated heterocycles. The summed E-state index contributed by atoms with van der Waals surface area (Å²) in [5, 5.41) is 2.65. The fourth-order valence-electron chi connectivity index (χ4n) is 3.08. The van der Waals surface area contributed by atoms with Crippen LogP contribution in [0.15, 0.2) is 53.0 Å². The van der Waals surface area contributed by atoms with Gasteiger partial charge in [0.1, 0.15) is 5.75 Å². The van der Waals surface area contributed by atoms with Gasteiger partial charge < -0.3 is 19.7 Å². The second-order valence-corrected chi connectivity index (χ2v) is 8.14. The lowest BCUT2D eigenvalue weighted by Crippen LogP contribution is -2.28. The van der Waals surface area contributed by atoms with Crippen LogP contribution in [0.1, 0.15) is 20.3 Å². The van der Waals surface area contributed by atoms with Gasteiger partial charge in [0.25, 0.3) is 5.91 Å². The van der Waals surface area contributed by atoms with E-state index in [1.807, 2.05) is 13.8 Å². The van der Waals surface area contributed by atoms with E-state index in [1.54, 1.807) is 53.4 Å². The summed E-state index contributed by atoms with van der Waals surface area (Å²) in [6, 6.07) is 14.2. The highest BCUT2D eigenvalue weighted by atomic mass is 79.9. The molecule has 1 N–H and O–H groups in total. The Balaban J connectivity index is 1.50. The molecule has 30 heavy (non-hydrogen) atoms. The van der Waals surface area contributed by atoms with Crippen molar-refractivity contribution < 1.29 is 23.9 Å². The predicted octanol–water partition coefficient (Wildman–Crippen LogP) is 3.77. The van der Waals surface area contributed by atoms with Gasteiger partial charge in [0, 0.05) is 28.8 Å². The Morgan fingerprint density at radius 2 is 1.80 bits per heavy atom. The molecule has 0 aromatic heterocycles. The number of hydrogen-bond acceptors (Lipinski definition) is 5. The molecule has 0 radical (unpaired) electrons. The van der Waals surface area contributed by atoms with Crippen LogP contribution < -0.4 is 15.0 Å². The van der Waals surface area contributed by atoms with E-state index in [9.17, 15) is 14.4 Å². The van der Waals surface area contributed by atoms with Gasteiger partial charge in [0.05, 0.1) is 12.0 Å². The van der Waals surface area contributed by atoms with Crippen LogP contribution in [0.25, 0.3) is 0 Å². The zero-order valence-corrected chi connectivity index (χ0v) is 18.3. The maximum absolute atomic E-state index is 12.4. The fraction of sp³-hybridized carbons (Fsp3) is 0.318. The Bertz CT molecular complexity index is 912. The van der Waals surface area contributed by atoms with Crippen molar-refractivity contribution >= 4 is 45.1 Å². The largest absolute Gasteiger partial charge is 0.491 e. The van der Waals surface area contributed by atoms with Crippen molar-refractivity contribution in [3.8, 4) is 5.75 Å². The van der Waals surface area contributed by atoms with Crippen LogP contribution in [0, 0.1) is 5.92 Å². The summed E-state index contributed by atoms with van der Waals surface area (Å²) >= 11 is 3.32. The molecule has 2 aromatic carbocycles. The number of amides is 2. The number of carbonyl (C=O) groups excluding carboxylic acids is 3. The first kappa shape index (κ1) is 21.8. The fourth-order valence-corrected chi connectivity index (χ4v) is 3.34. The molecule has 7 nitrogen and oxygen atoms in total. The van der Waals surface area contributed by atoms with Gasteiger partial charge in [-0.1, -0.05) is 15.9 Å². The van der Waals surface area contributed by atoms with Gasteiger partial charge in [0.15, 0.2) is 6.61 Å². The molecule has 2 aromatic rings. The first-order valence-corrected chi connectivity index (χ1v) is 10.4. The van der Waals surface area contributed by atoms with Gasteiger partial charge in [-0.25, -0.2) is 0 Å². The normalized spacial score (nSPS) is 15.9. The van der Waals surface area contributed by atoms with Crippen molar-refractivity contribution in [1.29, 1.82) is 0 Å². The monoisotopic (exact) mass is 474 g/mol. The Morgan fingerprint density at radius 3 is 2.43 bits per heavy atom. The summed E-state index contributed by atoms with van der Waals surface area (Å²) in [4.78, 5) is 38.2. The van der Waals surface area contributed by atoms with E-state index in [0.29, 0.717) is 17.1 Å². The highest BCUT2D eigenvalue weighted by molar-refractivity contribution is 9.10. The third-order valence-corrected chi connectivity index (χ3v) is 4.98.